The highest BCUT2D eigenvalue weighted by molar-refractivity contribution is 5.85. The quantitative estimate of drug-likeness (QED) is 0.907. The molecule has 7 nitrogen and oxygen atoms in total. The molecule has 0 aliphatic carbocycles. The van der Waals surface area contributed by atoms with Crippen LogP contribution in [0.3, 0.4) is 0 Å². The van der Waals surface area contributed by atoms with Crippen molar-refractivity contribution in [2.45, 2.75) is 45.0 Å². The van der Waals surface area contributed by atoms with E-state index in [1.807, 2.05) is 4.90 Å². The van der Waals surface area contributed by atoms with Crippen molar-refractivity contribution in [1.82, 2.24) is 9.97 Å². The largest absolute Gasteiger partial charge is 0.477 e. The molecule has 3 atom stereocenters. The molecule has 2 saturated heterocycles. The van der Waals surface area contributed by atoms with Crippen LogP contribution in [-0.2, 0) is 9.47 Å². The van der Waals surface area contributed by atoms with Crippen LogP contribution in [0.5, 0.6) is 0 Å². The van der Waals surface area contributed by atoms with E-state index in [1.165, 1.54) is 12.3 Å². The minimum atomic E-state index is -1.04. The first-order valence-electron chi connectivity index (χ1n) is 8.22. The van der Waals surface area contributed by atoms with Gasteiger partial charge in [-0.2, -0.15) is 0 Å². The predicted molar refractivity (Wildman–Crippen MR) is 83.4 cm³/mol. The Morgan fingerprint density at radius 1 is 1.43 bits per heavy atom. The number of rotatable bonds is 4. The molecular weight excluding hydrogens is 298 g/mol. The molecule has 1 N–H and O–H groups in total. The van der Waals surface area contributed by atoms with Gasteiger partial charge in [0.2, 0.25) is 5.95 Å². The molecule has 7 heteroatoms. The zero-order valence-corrected chi connectivity index (χ0v) is 13.4. The van der Waals surface area contributed by atoms with Crippen LogP contribution in [0.25, 0.3) is 0 Å². The number of carbonyl (C=O) groups is 1. The van der Waals surface area contributed by atoms with Gasteiger partial charge in [-0.15, -0.1) is 0 Å². The highest BCUT2D eigenvalue weighted by Crippen LogP contribution is 2.26. The number of hydrogen-bond acceptors (Lipinski definition) is 6. The first-order valence-corrected chi connectivity index (χ1v) is 8.22. The second-order valence-electron chi connectivity index (χ2n) is 6.23. The van der Waals surface area contributed by atoms with E-state index >= 15 is 0 Å². The summed E-state index contributed by atoms with van der Waals surface area (Å²) in [7, 11) is 0. The topological polar surface area (TPSA) is 84.8 Å². The van der Waals surface area contributed by atoms with Gasteiger partial charge in [-0.1, -0.05) is 6.92 Å². The molecule has 1 aromatic heterocycles. The second kappa shape index (κ2) is 7.23. The van der Waals surface area contributed by atoms with Crippen LogP contribution < -0.4 is 4.90 Å². The molecule has 0 bridgehead atoms. The van der Waals surface area contributed by atoms with Crippen molar-refractivity contribution in [3.8, 4) is 0 Å². The van der Waals surface area contributed by atoms with Gasteiger partial charge in [0.1, 0.15) is 0 Å². The Kier molecular flexibility index (Phi) is 5.07. The SMILES string of the molecule is CC1CCN(c2nccc(C(=O)O)n2)CC1OC1CCCCO1. The Labute approximate surface area is 135 Å². The van der Waals surface area contributed by atoms with Crippen molar-refractivity contribution in [2.24, 2.45) is 5.92 Å². The average molecular weight is 321 g/mol. The van der Waals surface area contributed by atoms with Crippen LogP contribution >= 0.6 is 0 Å². The zero-order chi connectivity index (χ0) is 16.2. The fourth-order valence-corrected chi connectivity index (χ4v) is 3.03. The lowest BCUT2D eigenvalue weighted by atomic mass is 9.96. The highest BCUT2D eigenvalue weighted by Gasteiger charge is 2.31. The van der Waals surface area contributed by atoms with Gasteiger partial charge in [0, 0.05) is 25.9 Å². The van der Waals surface area contributed by atoms with Gasteiger partial charge in [-0.3, -0.25) is 0 Å². The van der Waals surface area contributed by atoms with Gasteiger partial charge in [0.15, 0.2) is 12.0 Å². The summed E-state index contributed by atoms with van der Waals surface area (Å²) in [4.78, 5) is 21.4. The van der Waals surface area contributed by atoms with E-state index in [1.54, 1.807) is 0 Å². The maximum absolute atomic E-state index is 11.1. The van der Waals surface area contributed by atoms with Crippen molar-refractivity contribution in [3.63, 3.8) is 0 Å². The van der Waals surface area contributed by atoms with Crippen molar-refractivity contribution >= 4 is 11.9 Å². The van der Waals surface area contributed by atoms with E-state index in [-0.39, 0.29) is 18.1 Å². The Balaban J connectivity index is 1.67. The third kappa shape index (κ3) is 3.97. The Hall–Kier alpha value is -1.73. The van der Waals surface area contributed by atoms with Gasteiger partial charge in [0.25, 0.3) is 0 Å². The van der Waals surface area contributed by atoms with Gasteiger partial charge in [-0.25, -0.2) is 14.8 Å². The molecule has 2 aliphatic rings. The molecular formula is C16H23N3O4. The Morgan fingerprint density at radius 2 is 2.30 bits per heavy atom. The van der Waals surface area contributed by atoms with E-state index in [9.17, 15) is 4.79 Å². The lowest BCUT2D eigenvalue weighted by molar-refractivity contribution is -0.197. The summed E-state index contributed by atoms with van der Waals surface area (Å²) >= 11 is 0. The van der Waals surface area contributed by atoms with E-state index in [0.29, 0.717) is 18.4 Å². The van der Waals surface area contributed by atoms with E-state index in [2.05, 4.69) is 16.9 Å². The molecule has 0 saturated carbocycles. The van der Waals surface area contributed by atoms with Gasteiger partial charge in [-0.05, 0) is 37.7 Å². The zero-order valence-electron chi connectivity index (χ0n) is 13.4. The summed E-state index contributed by atoms with van der Waals surface area (Å²) in [6, 6.07) is 1.41. The minimum absolute atomic E-state index is 0.0155. The monoisotopic (exact) mass is 321 g/mol. The van der Waals surface area contributed by atoms with E-state index in [0.717, 1.165) is 38.8 Å². The van der Waals surface area contributed by atoms with Gasteiger partial charge < -0.3 is 19.5 Å². The molecule has 23 heavy (non-hydrogen) atoms. The molecule has 2 aliphatic heterocycles. The highest BCUT2D eigenvalue weighted by atomic mass is 16.7. The van der Waals surface area contributed by atoms with Crippen molar-refractivity contribution in [1.29, 1.82) is 0 Å². The molecule has 0 amide bonds. The van der Waals surface area contributed by atoms with Crippen molar-refractivity contribution < 1.29 is 19.4 Å². The van der Waals surface area contributed by atoms with Crippen LogP contribution in [-0.4, -0.2) is 53.1 Å². The maximum atomic E-state index is 11.1. The molecule has 0 aromatic carbocycles. The Morgan fingerprint density at radius 3 is 3.04 bits per heavy atom. The summed E-state index contributed by atoms with van der Waals surface area (Å²) in [5, 5.41) is 9.07. The molecule has 0 spiro atoms. The normalized spacial score (nSPS) is 28.6. The van der Waals surface area contributed by atoms with Crippen LogP contribution in [0, 0.1) is 5.92 Å². The summed E-state index contributed by atoms with van der Waals surface area (Å²) in [6.07, 6.45) is 5.55. The van der Waals surface area contributed by atoms with Crippen LogP contribution in [0.2, 0.25) is 0 Å². The van der Waals surface area contributed by atoms with Crippen LogP contribution in [0.4, 0.5) is 5.95 Å². The Bertz CT molecular complexity index is 548. The summed E-state index contributed by atoms with van der Waals surface area (Å²) in [6.45, 7) is 4.40. The predicted octanol–water partition coefficient (Wildman–Crippen LogP) is 1.93. The van der Waals surface area contributed by atoms with Crippen molar-refractivity contribution in [2.75, 3.05) is 24.6 Å². The first-order chi connectivity index (χ1) is 11.1. The molecule has 3 rings (SSSR count). The molecule has 3 heterocycles. The molecule has 3 unspecified atom stereocenters. The minimum Gasteiger partial charge on any atom is -0.477 e. The second-order valence-corrected chi connectivity index (χ2v) is 6.23. The number of carboxylic acid groups (broad SMARTS) is 1. The lowest BCUT2D eigenvalue weighted by Gasteiger charge is -2.39. The fraction of sp³-hybridized carbons (Fsp3) is 0.688. The lowest BCUT2D eigenvalue weighted by Crippen LogP contribution is -2.47. The maximum Gasteiger partial charge on any atom is 0.354 e. The van der Waals surface area contributed by atoms with Crippen LogP contribution in [0.15, 0.2) is 12.3 Å². The number of piperidine rings is 1. The van der Waals surface area contributed by atoms with E-state index in [4.69, 9.17) is 14.6 Å². The smallest absolute Gasteiger partial charge is 0.354 e. The van der Waals surface area contributed by atoms with Crippen molar-refractivity contribution in [3.05, 3.63) is 18.0 Å². The van der Waals surface area contributed by atoms with Gasteiger partial charge >= 0.3 is 5.97 Å². The third-order valence-corrected chi connectivity index (χ3v) is 4.50. The number of aromatic carboxylic acids is 1. The number of anilines is 1. The number of hydrogen-bond donors (Lipinski definition) is 1. The van der Waals surface area contributed by atoms with E-state index < -0.39 is 5.97 Å². The number of carboxylic acids is 1. The van der Waals surface area contributed by atoms with Gasteiger partial charge in [0.05, 0.1) is 6.10 Å². The molecule has 126 valence electrons. The average Bonchev–Trinajstić information content (AvgIpc) is 2.58. The summed E-state index contributed by atoms with van der Waals surface area (Å²) in [5.41, 5.74) is 0.0155. The number of aromatic nitrogens is 2. The molecule has 2 fully saturated rings. The standard InChI is InChI=1S/C16H23N3O4/c1-11-6-8-19(16-17-7-5-12(18-16)15(20)21)10-13(11)23-14-4-2-3-9-22-14/h5,7,11,13-14H,2-4,6,8-10H2,1H3,(H,20,21). The molecule has 1 aromatic rings. The number of ether oxygens (including phenoxy) is 2. The van der Waals surface area contributed by atoms with Crippen LogP contribution in [0.1, 0.15) is 43.1 Å². The fourth-order valence-electron chi connectivity index (χ4n) is 3.03. The summed E-state index contributed by atoms with van der Waals surface area (Å²) < 4.78 is 11.8. The third-order valence-electron chi connectivity index (χ3n) is 4.50. The first kappa shape index (κ1) is 16.1. The molecule has 0 radical (unpaired) electrons. The summed E-state index contributed by atoms with van der Waals surface area (Å²) in [5.74, 6) is -0.156. The number of nitrogens with zero attached hydrogens (tertiary/aromatic N) is 3.